The summed E-state index contributed by atoms with van der Waals surface area (Å²) in [7, 11) is -3.18. The molecular formula is C11H11F2NO3S. The zero-order valence-corrected chi connectivity index (χ0v) is 10.1. The molecule has 0 aromatic heterocycles. The number of rotatable bonds is 2. The molecule has 1 N–H and O–H groups in total. The van der Waals surface area contributed by atoms with Gasteiger partial charge in [0.2, 0.25) is 5.91 Å². The molecule has 1 fully saturated rings. The Labute approximate surface area is 103 Å². The van der Waals surface area contributed by atoms with E-state index in [0.29, 0.717) is 0 Å². The van der Waals surface area contributed by atoms with Gasteiger partial charge in [-0.25, -0.2) is 17.2 Å². The molecule has 0 aliphatic carbocycles. The fraction of sp³-hybridized carbons (Fsp3) is 0.364. The average Bonchev–Trinajstić information content (AvgIpc) is 2.64. The minimum absolute atomic E-state index is 0.0449. The molecule has 1 heterocycles. The largest absolute Gasteiger partial charge is 0.323 e. The van der Waals surface area contributed by atoms with Crippen LogP contribution in [0, 0.1) is 17.6 Å². The van der Waals surface area contributed by atoms with Crippen LogP contribution in [0.3, 0.4) is 0 Å². The van der Waals surface area contributed by atoms with Gasteiger partial charge >= 0.3 is 0 Å². The van der Waals surface area contributed by atoms with E-state index in [9.17, 15) is 22.0 Å². The standard InChI is InChI=1S/C11H11F2NO3S/c12-8-1-2-9(13)10(5-8)14-11(15)7-3-4-18(16,17)6-7/h1-2,5,7H,3-4,6H2,(H,14,15). The zero-order chi connectivity index (χ0) is 13.3. The molecule has 98 valence electrons. The smallest absolute Gasteiger partial charge is 0.228 e. The molecule has 1 aromatic carbocycles. The highest BCUT2D eigenvalue weighted by Gasteiger charge is 2.33. The fourth-order valence-corrected chi connectivity index (χ4v) is 3.57. The van der Waals surface area contributed by atoms with E-state index in [1.165, 1.54) is 0 Å². The van der Waals surface area contributed by atoms with Crippen molar-refractivity contribution < 1.29 is 22.0 Å². The van der Waals surface area contributed by atoms with E-state index in [1.807, 2.05) is 0 Å². The second kappa shape index (κ2) is 4.64. The molecule has 2 rings (SSSR count). The van der Waals surface area contributed by atoms with Gasteiger partial charge in [-0.15, -0.1) is 0 Å². The van der Waals surface area contributed by atoms with E-state index >= 15 is 0 Å². The maximum Gasteiger partial charge on any atom is 0.228 e. The molecule has 4 nitrogen and oxygen atoms in total. The van der Waals surface area contributed by atoms with Gasteiger partial charge in [0.15, 0.2) is 9.84 Å². The quantitative estimate of drug-likeness (QED) is 0.886. The molecule has 0 bridgehead atoms. The molecule has 18 heavy (non-hydrogen) atoms. The van der Waals surface area contributed by atoms with Gasteiger partial charge in [-0.3, -0.25) is 4.79 Å². The summed E-state index contributed by atoms with van der Waals surface area (Å²) in [5.74, 6) is -3.01. The third-order valence-corrected chi connectivity index (χ3v) is 4.56. The van der Waals surface area contributed by atoms with Crippen molar-refractivity contribution in [2.75, 3.05) is 16.8 Å². The normalized spacial score (nSPS) is 21.8. The minimum Gasteiger partial charge on any atom is -0.323 e. The van der Waals surface area contributed by atoms with Gasteiger partial charge in [0, 0.05) is 6.07 Å². The monoisotopic (exact) mass is 275 g/mol. The Morgan fingerprint density at radius 3 is 2.67 bits per heavy atom. The lowest BCUT2D eigenvalue weighted by atomic mass is 10.1. The Balaban J connectivity index is 2.10. The van der Waals surface area contributed by atoms with E-state index in [2.05, 4.69) is 5.32 Å². The molecule has 0 saturated carbocycles. The summed E-state index contributed by atoms with van der Waals surface area (Å²) < 4.78 is 48.6. The van der Waals surface area contributed by atoms with Crippen LogP contribution < -0.4 is 5.32 Å². The van der Waals surface area contributed by atoms with Crippen molar-refractivity contribution in [2.45, 2.75) is 6.42 Å². The molecule has 1 aliphatic heterocycles. The SMILES string of the molecule is O=C(Nc1cc(F)ccc1F)C1CCS(=O)(=O)C1. The van der Waals surface area contributed by atoms with Crippen LogP contribution >= 0.6 is 0 Å². The number of hydrogen-bond donors (Lipinski definition) is 1. The highest BCUT2D eigenvalue weighted by Crippen LogP contribution is 2.22. The topological polar surface area (TPSA) is 63.2 Å². The van der Waals surface area contributed by atoms with Crippen molar-refractivity contribution >= 4 is 21.4 Å². The Bertz CT molecular complexity index is 586. The number of hydrogen-bond acceptors (Lipinski definition) is 3. The lowest BCUT2D eigenvalue weighted by Crippen LogP contribution is -2.24. The summed E-state index contributed by atoms with van der Waals surface area (Å²) >= 11 is 0. The molecule has 1 unspecified atom stereocenters. The van der Waals surface area contributed by atoms with Crippen molar-refractivity contribution in [3.05, 3.63) is 29.8 Å². The van der Waals surface area contributed by atoms with Crippen LogP contribution in [-0.4, -0.2) is 25.8 Å². The average molecular weight is 275 g/mol. The maximum atomic E-state index is 13.3. The molecule has 1 aliphatic rings. The molecule has 1 aromatic rings. The first-order chi connectivity index (χ1) is 8.37. The second-order valence-corrected chi connectivity index (χ2v) is 6.44. The first kappa shape index (κ1) is 12.9. The van der Waals surface area contributed by atoms with Gasteiger partial charge in [-0.05, 0) is 18.6 Å². The first-order valence-corrected chi connectivity index (χ1v) is 7.16. The third kappa shape index (κ3) is 2.84. The lowest BCUT2D eigenvalue weighted by molar-refractivity contribution is -0.119. The van der Waals surface area contributed by atoms with Crippen LogP contribution in [0.4, 0.5) is 14.5 Å². The highest BCUT2D eigenvalue weighted by atomic mass is 32.2. The number of amides is 1. The van der Waals surface area contributed by atoms with E-state index in [4.69, 9.17) is 0 Å². The van der Waals surface area contributed by atoms with Crippen molar-refractivity contribution in [2.24, 2.45) is 5.92 Å². The molecule has 1 saturated heterocycles. The molecule has 0 radical (unpaired) electrons. The predicted octanol–water partition coefficient (Wildman–Crippen LogP) is 1.34. The number of anilines is 1. The second-order valence-electron chi connectivity index (χ2n) is 4.21. The highest BCUT2D eigenvalue weighted by molar-refractivity contribution is 7.91. The molecule has 0 spiro atoms. The Hall–Kier alpha value is -1.50. The number of carbonyl (C=O) groups excluding carboxylic acids is 1. The number of carbonyl (C=O) groups is 1. The van der Waals surface area contributed by atoms with Crippen LogP contribution in [0.25, 0.3) is 0 Å². The van der Waals surface area contributed by atoms with Gasteiger partial charge in [-0.1, -0.05) is 0 Å². The Kier molecular flexibility index (Phi) is 3.34. The van der Waals surface area contributed by atoms with E-state index in [-0.39, 0.29) is 23.6 Å². The van der Waals surface area contributed by atoms with Crippen LogP contribution in [0.15, 0.2) is 18.2 Å². The van der Waals surface area contributed by atoms with Crippen LogP contribution in [0.1, 0.15) is 6.42 Å². The van der Waals surface area contributed by atoms with Gasteiger partial charge in [0.25, 0.3) is 0 Å². The van der Waals surface area contributed by atoms with Crippen LogP contribution in [0.2, 0.25) is 0 Å². The van der Waals surface area contributed by atoms with Gasteiger partial charge in [-0.2, -0.15) is 0 Å². The van der Waals surface area contributed by atoms with Gasteiger partial charge in [0.05, 0.1) is 23.1 Å². The van der Waals surface area contributed by atoms with Crippen molar-refractivity contribution in [1.29, 1.82) is 0 Å². The fourth-order valence-electron chi connectivity index (χ4n) is 1.83. The van der Waals surface area contributed by atoms with Gasteiger partial charge in [0.1, 0.15) is 11.6 Å². The maximum absolute atomic E-state index is 13.3. The molecule has 7 heteroatoms. The van der Waals surface area contributed by atoms with Crippen molar-refractivity contribution in [3.8, 4) is 0 Å². The number of nitrogens with one attached hydrogen (secondary N) is 1. The van der Waals surface area contributed by atoms with Crippen molar-refractivity contribution in [1.82, 2.24) is 0 Å². The van der Waals surface area contributed by atoms with E-state index in [0.717, 1.165) is 18.2 Å². The van der Waals surface area contributed by atoms with Crippen LogP contribution in [-0.2, 0) is 14.6 Å². The first-order valence-electron chi connectivity index (χ1n) is 5.34. The summed E-state index contributed by atoms with van der Waals surface area (Å²) in [6.07, 6.45) is 0.213. The summed E-state index contributed by atoms with van der Waals surface area (Å²) in [6.45, 7) is 0. The van der Waals surface area contributed by atoms with Crippen LogP contribution in [0.5, 0.6) is 0 Å². The van der Waals surface area contributed by atoms with E-state index < -0.39 is 33.3 Å². The molecular weight excluding hydrogens is 264 g/mol. The Morgan fingerprint density at radius 2 is 2.06 bits per heavy atom. The summed E-state index contributed by atoms with van der Waals surface area (Å²) in [5, 5.41) is 2.21. The van der Waals surface area contributed by atoms with Gasteiger partial charge < -0.3 is 5.32 Å². The molecule has 1 amide bonds. The number of halogens is 2. The minimum atomic E-state index is -3.18. The summed E-state index contributed by atoms with van der Waals surface area (Å²) in [5.41, 5.74) is -0.274. The molecule has 1 atom stereocenters. The summed E-state index contributed by atoms with van der Waals surface area (Å²) in [6, 6.07) is 2.69. The summed E-state index contributed by atoms with van der Waals surface area (Å²) in [4.78, 5) is 11.7. The number of sulfone groups is 1. The predicted molar refractivity (Wildman–Crippen MR) is 61.7 cm³/mol. The lowest BCUT2D eigenvalue weighted by Gasteiger charge is -2.10. The third-order valence-electron chi connectivity index (χ3n) is 2.79. The van der Waals surface area contributed by atoms with Crippen molar-refractivity contribution in [3.63, 3.8) is 0 Å². The zero-order valence-electron chi connectivity index (χ0n) is 9.32. The number of benzene rings is 1. The van der Waals surface area contributed by atoms with E-state index in [1.54, 1.807) is 0 Å². The Morgan fingerprint density at radius 1 is 1.33 bits per heavy atom.